The topological polar surface area (TPSA) is 49.6 Å². The highest BCUT2D eigenvalue weighted by Crippen LogP contribution is 2.15. The molecule has 6 heteroatoms. The van der Waals surface area contributed by atoms with Gasteiger partial charge in [0.15, 0.2) is 0 Å². The van der Waals surface area contributed by atoms with Gasteiger partial charge < -0.3 is 10.6 Å². The fourth-order valence-corrected chi connectivity index (χ4v) is 2.68. The van der Waals surface area contributed by atoms with E-state index in [0.29, 0.717) is 29.2 Å². The first-order valence-corrected chi connectivity index (χ1v) is 7.39. The molecule has 114 valence electrons. The zero-order chi connectivity index (χ0) is 15.6. The molecule has 0 spiro atoms. The molecule has 1 aliphatic heterocycles. The number of hydrogen-bond acceptors (Lipinski definition) is 3. The normalized spacial score (nSPS) is 17.6. The molecule has 0 bridgehead atoms. The average molecular weight is 309 g/mol. The van der Waals surface area contributed by atoms with Crippen LogP contribution in [0, 0.1) is 12.7 Å². The second-order valence-electron chi connectivity index (χ2n) is 5.37. The third-order valence-corrected chi connectivity index (χ3v) is 4.32. The van der Waals surface area contributed by atoms with Gasteiger partial charge in [-0.3, -0.25) is 9.69 Å². The minimum absolute atomic E-state index is 0.0461. The summed E-state index contributed by atoms with van der Waals surface area (Å²) >= 11 is 5.01. The van der Waals surface area contributed by atoms with Crippen LogP contribution >= 0.6 is 12.2 Å². The number of nitrogens with zero attached hydrogens (tertiary/aromatic N) is 2. The lowest BCUT2D eigenvalue weighted by molar-refractivity contribution is 0.0621. The van der Waals surface area contributed by atoms with Gasteiger partial charge in [0.25, 0.3) is 5.91 Å². The first kappa shape index (κ1) is 15.9. The molecule has 21 heavy (non-hydrogen) atoms. The Morgan fingerprint density at radius 2 is 1.95 bits per heavy atom. The number of halogens is 1. The lowest BCUT2D eigenvalue weighted by Gasteiger charge is -2.37. The fourth-order valence-electron chi connectivity index (χ4n) is 2.53. The summed E-state index contributed by atoms with van der Waals surface area (Å²) in [5.74, 6) is -0.366. The number of carbonyl (C=O) groups excluding carboxylic acids is 1. The van der Waals surface area contributed by atoms with Crippen LogP contribution in [0.15, 0.2) is 18.2 Å². The van der Waals surface area contributed by atoms with Crippen LogP contribution in [0.3, 0.4) is 0 Å². The first-order valence-electron chi connectivity index (χ1n) is 6.99. The van der Waals surface area contributed by atoms with E-state index in [-0.39, 0.29) is 17.8 Å². The molecule has 1 amide bonds. The highest BCUT2D eigenvalue weighted by atomic mass is 32.1. The molecule has 0 radical (unpaired) electrons. The van der Waals surface area contributed by atoms with E-state index in [4.69, 9.17) is 18.0 Å². The largest absolute Gasteiger partial charge is 0.392 e. The fraction of sp³-hybridized carbons (Fsp3) is 0.467. The number of nitrogens with two attached hydrogens (primary N) is 1. The molecule has 4 nitrogen and oxygen atoms in total. The van der Waals surface area contributed by atoms with Crippen LogP contribution in [0.25, 0.3) is 0 Å². The van der Waals surface area contributed by atoms with E-state index in [0.717, 1.165) is 13.1 Å². The molecule has 2 N–H and O–H groups in total. The summed E-state index contributed by atoms with van der Waals surface area (Å²) in [6.45, 7) is 6.46. The lowest BCUT2D eigenvalue weighted by Crippen LogP contribution is -2.54. The van der Waals surface area contributed by atoms with Crippen LogP contribution in [0.2, 0.25) is 0 Å². The van der Waals surface area contributed by atoms with Gasteiger partial charge >= 0.3 is 0 Å². The van der Waals surface area contributed by atoms with Gasteiger partial charge in [-0.05, 0) is 37.6 Å². The molecule has 0 aromatic heterocycles. The van der Waals surface area contributed by atoms with Crippen LogP contribution in [0.4, 0.5) is 4.39 Å². The van der Waals surface area contributed by atoms with Crippen molar-refractivity contribution in [3.05, 3.63) is 35.1 Å². The molecule has 1 aliphatic rings. The summed E-state index contributed by atoms with van der Waals surface area (Å²) in [5.41, 5.74) is 6.89. The monoisotopic (exact) mass is 309 g/mol. The van der Waals surface area contributed by atoms with Crippen molar-refractivity contribution in [1.82, 2.24) is 9.80 Å². The van der Waals surface area contributed by atoms with Crippen molar-refractivity contribution in [1.29, 1.82) is 0 Å². The standard InChI is InChI=1S/C15H20FN3OS/c1-10-9-12(16)3-4-13(10)15(20)19-7-5-18(6-8-19)11(2)14(17)21/h3-4,9,11H,5-8H2,1-2H3,(H2,17,21). The van der Waals surface area contributed by atoms with Crippen LogP contribution in [0.1, 0.15) is 22.8 Å². The van der Waals surface area contributed by atoms with E-state index in [1.807, 2.05) is 6.92 Å². The Hall–Kier alpha value is -1.53. The number of rotatable bonds is 3. The number of thiocarbonyl (C=S) groups is 1. The number of benzene rings is 1. The minimum Gasteiger partial charge on any atom is -0.392 e. The Morgan fingerprint density at radius 1 is 1.33 bits per heavy atom. The van der Waals surface area contributed by atoms with E-state index in [9.17, 15) is 9.18 Å². The first-order chi connectivity index (χ1) is 9.90. The molecule has 1 atom stereocenters. The smallest absolute Gasteiger partial charge is 0.254 e. The van der Waals surface area contributed by atoms with E-state index >= 15 is 0 Å². The minimum atomic E-state index is -0.320. The van der Waals surface area contributed by atoms with Gasteiger partial charge in [0.2, 0.25) is 0 Å². The third-order valence-electron chi connectivity index (χ3n) is 3.98. The van der Waals surface area contributed by atoms with Crippen LogP contribution in [0.5, 0.6) is 0 Å². The Labute approximate surface area is 129 Å². The maximum Gasteiger partial charge on any atom is 0.254 e. The molecule has 1 heterocycles. The van der Waals surface area contributed by atoms with E-state index < -0.39 is 0 Å². The van der Waals surface area contributed by atoms with Gasteiger partial charge in [0.1, 0.15) is 5.82 Å². The van der Waals surface area contributed by atoms with Gasteiger partial charge in [0, 0.05) is 31.7 Å². The van der Waals surface area contributed by atoms with Gasteiger partial charge in [-0.1, -0.05) is 12.2 Å². The van der Waals surface area contributed by atoms with Gasteiger partial charge in [0.05, 0.1) is 11.0 Å². The summed E-state index contributed by atoms with van der Waals surface area (Å²) in [5, 5.41) is 0. The predicted molar refractivity (Wildman–Crippen MR) is 84.9 cm³/mol. The predicted octanol–water partition coefficient (Wildman–Crippen LogP) is 1.57. The van der Waals surface area contributed by atoms with Crippen molar-refractivity contribution in [2.75, 3.05) is 26.2 Å². The number of carbonyl (C=O) groups is 1. The quantitative estimate of drug-likeness (QED) is 0.861. The maximum atomic E-state index is 13.1. The molecule has 0 saturated carbocycles. The number of hydrogen-bond donors (Lipinski definition) is 1. The van der Waals surface area contributed by atoms with Crippen LogP contribution in [-0.2, 0) is 0 Å². The van der Waals surface area contributed by atoms with Crippen LogP contribution in [-0.4, -0.2) is 52.9 Å². The zero-order valence-electron chi connectivity index (χ0n) is 12.3. The van der Waals surface area contributed by atoms with E-state index in [1.165, 1.54) is 12.1 Å². The summed E-state index contributed by atoms with van der Waals surface area (Å²) < 4.78 is 13.1. The summed E-state index contributed by atoms with van der Waals surface area (Å²) in [4.78, 5) is 16.9. The Morgan fingerprint density at radius 3 is 2.48 bits per heavy atom. The third kappa shape index (κ3) is 3.57. The Balaban J connectivity index is 2.02. The lowest BCUT2D eigenvalue weighted by atomic mass is 10.1. The molecule has 0 aliphatic carbocycles. The maximum absolute atomic E-state index is 13.1. The van der Waals surface area contributed by atoms with Crippen molar-refractivity contribution in [2.45, 2.75) is 19.9 Å². The molecular formula is C15H20FN3OS. The number of piperazine rings is 1. The van der Waals surface area contributed by atoms with Crippen molar-refractivity contribution in [2.24, 2.45) is 5.73 Å². The number of amides is 1. The highest BCUT2D eigenvalue weighted by Gasteiger charge is 2.26. The van der Waals surface area contributed by atoms with Gasteiger partial charge in [-0.25, -0.2) is 4.39 Å². The van der Waals surface area contributed by atoms with E-state index in [1.54, 1.807) is 17.9 Å². The zero-order valence-corrected chi connectivity index (χ0v) is 13.1. The second-order valence-corrected chi connectivity index (χ2v) is 5.84. The second kappa shape index (κ2) is 6.49. The highest BCUT2D eigenvalue weighted by molar-refractivity contribution is 7.80. The van der Waals surface area contributed by atoms with Crippen molar-refractivity contribution >= 4 is 23.1 Å². The number of aryl methyl sites for hydroxylation is 1. The summed E-state index contributed by atoms with van der Waals surface area (Å²) in [7, 11) is 0. The molecule has 1 saturated heterocycles. The Bertz CT molecular complexity index is 556. The molecule has 2 rings (SSSR count). The molecule has 1 fully saturated rings. The average Bonchev–Trinajstić information content (AvgIpc) is 2.46. The van der Waals surface area contributed by atoms with Crippen molar-refractivity contribution in [3.8, 4) is 0 Å². The van der Waals surface area contributed by atoms with Gasteiger partial charge in [-0.2, -0.15) is 0 Å². The molecule has 1 unspecified atom stereocenters. The van der Waals surface area contributed by atoms with E-state index in [2.05, 4.69) is 4.90 Å². The molecule has 1 aromatic carbocycles. The van der Waals surface area contributed by atoms with Gasteiger partial charge in [-0.15, -0.1) is 0 Å². The van der Waals surface area contributed by atoms with Crippen LogP contribution < -0.4 is 5.73 Å². The SMILES string of the molecule is Cc1cc(F)ccc1C(=O)N1CCN(C(C)C(N)=S)CC1. The molecule has 1 aromatic rings. The summed E-state index contributed by atoms with van der Waals surface area (Å²) in [6, 6.07) is 4.31. The van der Waals surface area contributed by atoms with Crippen molar-refractivity contribution in [3.63, 3.8) is 0 Å². The van der Waals surface area contributed by atoms with Crippen molar-refractivity contribution < 1.29 is 9.18 Å². The molecular weight excluding hydrogens is 289 g/mol. The Kier molecular flexibility index (Phi) is 4.90. The summed E-state index contributed by atoms with van der Waals surface area (Å²) in [6.07, 6.45) is 0.